The van der Waals surface area contributed by atoms with E-state index in [2.05, 4.69) is 10.0 Å². The molecule has 0 saturated carbocycles. The van der Waals surface area contributed by atoms with Crippen LogP contribution in [0.25, 0.3) is 0 Å². The number of alkyl halides is 3. The van der Waals surface area contributed by atoms with E-state index < -0.39 is 42.8 Å². The largest absolute Gasteiger partial charge is 0.417 e. The summed E-state index contributed by atoms with van der Waals surface area (Å²) in [6.07, 6.45) is -3.70. The predicted molar refractivity (Wildman–Crippen MR) is 85.1 cm³/mol. The van der Waals surface area contributed by atoms with Gasteiger partial charge in [0.25, 0.3) is 5.69 Å². The number of hydrogen-bond donors (Lipinski definition) is 2. The second-order valence-corrected chi connectivity index (χ2v) is 7.74. The van der Waals surface area contributed by atoms with Gasteiger partial charge in [-0.15, -0.1) is 0 Å². The van der Waals surface area contributed by atoms with Crippen molar-refractivity contribution in [1.29, 1.82) is 0 Å². The fourth-order valence-corrected chi connectivity index (χ4v) is 4.20. The summed E-state index contributed by atoms with van der Waals surface area (Å²) in [5.74, 6) is 0. The van der Waals surface area contributed by atoms with Gasteiger partial charge in [0.1, 0.15) is 0 Å². The van der Waals surface area contributed by atoms with Gasteiger partial charge in [0.2, 0.25) is 10.0 Å². The van der Waals surface area contributed by atoms with Gasteiger partial charge in [-0.25, -0.2) is 13.1 Å². The number of nitro groups is 1. The average Bonchev–Trinajstić information content (AvgIpc) is 3.01. The summed E-state index contributed by atoms with van der Waals surface area (Å²) in [4.78, 5) is 8.63. The molecule has 1 aliphatic rings. The monoisotopic (exact) mass is 397 g/mol. The maximum atomic E-state index is 13.2. The van der Waals surface area contributed by atoms with Gasteiger partial charge in [-0.2, -0.15) is 13.2 Å². The van der Waals surface area contributed by atoms with Crippen LogP contribution < -0.4 is 10.0 Å². The van der Waals surface area contributed by atoms with Crippen molar-refractivity contribution in [1.82, 2.24) is 10.0 Å². The SMILES string of the molecule is COCC1(CNS(=O)(=O)c2ccc([N+](=O)[O-])cc2C(F)(F)F)CCCN1. The smallest absolute Gasteiger partial charge is 0.383 e. The summed E-state index contributed by atoms with van der Waals surface area (Å²) in [6.45, 7) is 0.649. The third-order valence-corrected chi connectivity index (χ3v) is 5.58. The highest BCUT2D eigenvalue weighted by molar-refractivity contribution is 7.89. The second-order valence-electron chi connectivity index (χ2n) is 6.00. The Balaban J connectivity index is 2.35. The van der Waals surface area contributed by atoms with Crippen LogP contribution in [0.2, 0.25) is 0 Å². The number of nitrogens with one attached hydrogen (secondary N) is 2. The van der Waals surface area contributed by atoms with Gasteiger partial charge < -0.3 is 10.1 Å². The lowest BCUT2D eigenvalue weighted by atomic mass is 9.99. The van der Waals surface area contributed by atoms with Gasteiger partial charge in [-0.3, -0.25) is 10.1 Å². The van der Waals surface area contributed by atoms with E-state index in [0.29, 0.717) is 19.0 Å². The van der Waals surface area contributed by atoms with E-state index in [0.717, 1.165) is 12.5 Å². The first-order valence-corrected chi connectivity index (χ1v) is 9.08. The number of non-ortho nitro benzene ring substituents is 1. The molecule has 1 unspecified atom stereocenters. The lowest BCUT2D eigenvalue weighted by Gasteiger charge is -2.29. The molecule has 146 valence electrons. The number of hydrogen-bond acceptors (Lipinski definition) is 6. The zero-order valence-corrected chi connectivity index (χ0v) is 14.6. The Labute approximate surface area is 147 Å². The zero-order chi connectivity index (χ0) is 19.6. The Bertz CT molecular complexity index is 777. The lowest BCUT2D eigenvalue weighted by molar-refractivity contribution is -0.385. The van der Waals surface area contributed by atoms with E-state index in [1.54, 1.807) is 0 Å². The molecule has 1 fully saturated rings. The molecule has 8 nitrogen and oxygen atoms in total. The Morgan fingerprint density at radius 2 is 2.12 bits per heavy atom. The van der Waals surface area contributed by atoms with Crippen LogP contribution in [0.5, 0.6) is 0 Å². The molecule has 2 rings (SSSR count). The van der Waals surface area contributed by atoms with Gasteiger partial charge in [-0.05, 0) is 25.5 Å². The van der Waals surface area contributed by atoms with Crippen molar-refractivity contribution in [3.8, 4) is 0 Å². The quantitative estimate of drug-likeness (QED) is 0.535. The molecule has 0 radical (unpaired) electrons. The molecular formula is C14H18F3N3O5S. The number of benzene rings is 1. The molecule has 12 heteroatoms. The molecule has 2 N–H and O–H groups in total. The molecule has 0 aliphatic carbocycles. The third-order valence-electron chi connectivity index (χ3n) is 4.12. The van der Waals surface area contributed by atoms with E-state index >= 15 is 0 Å². The van der Waals surface area contributed by atoms with E-state index in [9.17, 15) is 31.7 Å². The van der Waals surface area contributed by atoms with Crippen LogP contribution in [0.4, 0.5) is 18.9 Å². The maximum Gasteiger partial charge on any atom is 0.417 e. The maximum absolute atomic E-state index is 13.2. The molecule has 26 heavy (non-hydrogen) atoms. The summed E-state index contributed by atoms with van der Waals surface area (Å²) in [6, 6.07) is 1.53. The first-order chi connectivity index (χ1) is 12.0. The molecule has 1 atom stereocenters. The van der Waals surface area contributed by atoms with Gasteiger partial charge in [0.05, 0.1) is 27.5 Å². The number of ether oxygens (including phenoxy) is 1. The van der Waals surface area contributed by atoms with Crippen molar-refractivity contribution in [3.05, 3.63) is 33.9 Å². The van der Waals surface area contributed by atoms with Crippen LogP contribution >= 0.6 is 0 Å². The molecule has 0 amide bonds. The summed E-state index contributed by atoms with van der Waals surface area (Å²) in [5.41, 5.74) is -3.13. The van der Waals surface area contributed by atoms with Crippen LogP contribution in [0.1, 0.15) is 18.4 Å². The Kier molecular flexibility index (Phi) is 5.90. The molecule has 1 saturated heterocycles. The van der Waals surface area contributed by atoms with Gasteiger partial charge in [0, 0.05) is 25.8 Å². The summed E-state index contributed by atoms with van der Waals surface area (Å²) in [5, 5.41) is 13.8. The van der Waals surface area contributed by atoms with Crippen LogP contribution in [-0.2, 0) is 20.9 Å². The predicted octanol–water partition coefficient (Wildman–Crippen LogP) is 1.66. The minimum Gasteiger partial charge on any atom is -0.383 e. The number of rotatable bonds is 7. The van der Waals surface area contributed by atoms with Crippen LogP contribution in [-0.4, -0.2) is 45.7 Å². The van der Waals surface area contributed by atoms with Crippen LogP contribution in [0.3, 0.4) is 0 Å². The highest BCUT2D eigenvalue weighted by Crippen LogP contribution is 2.36. The zero-order valence-electron chi connectivity index (χ0n) is 13.8. The number of halogens is 3. The van der Waals surface area contributed by atoms with Gasteiger partial charge in [-0.1, -0.05) is 0 Å². The minimum atomic E-state index is -5.06. The second kappa shape index (κ2) is 7.47. The molecule has 1 heterocycles. The van der Waals surface area contributed by atoms with Crippen molar-refractivity contribution >= 4 is 15.7 Å². The van der Waals surface area contributed by atoms with Crippen molar-refractivity contribution in [2.75, 3.05) is 26.8 Å². The fourth-order valence-electron chi connectivity index (χ4n) is 2.87. The number of nitrogens with zero attached hydrogens (tertiary/aromatic N) is 1. The topological polar surface area (TPSA) is 111 Å². The molecule has 0 spiro atoms. The Morgan fingerprint density at radius 3 is 2.62 bits per heavy atom. The van der Waals surface area contributed by atoms with Crippen molar-refractivity contribution in [2.45, 2.75) is 29.5 Å². The van der Waals surface area contributed by atoms with Crippen molar-refractivity contribution in [3.63, 3.8) is 0 Å². The van der Waals surface area contributed by atoms with E-state index in [-0.39, 0.29) is 19.2 Å². The summed E-state index contributed by atoms with van der Waals surface area (Å²) in [7, 11) is -3.11. The highest BCUT2D eigenvalue weighted by Gasteiger charge is 2.40. The summed E-state index contributed by atoms with van der Waals surface area (Å²) < 4.78 is 71.7. The Hall–Kier alpha value is -1.76. The molecular weight excluding hydrogens is 379 g/mol. The molecule has 1 aromatic carbocycles. The molecule has 0 bridgehead atoms. The van der Waals surface area contributed by atoms with E-state index in [1.165, 1.54) is 7.11 Å². The number of sulfonamides is 1. The first-order valence-electron chi connectivity index (χ1n) is 7.60. The lowest BCUT2D eigenvalue weighted by Crippen LogP contribution is -2.53. The minimum absolute atomic E-state index is 0.169. The third kappa shape index (κ3) is 4.50. The van der Waals surface area contributed by atoms with Crippen molar-refractivity contribution < 1.29 is 31.2 Å². The number of methoxy groups -OCH3 is 1. The Morgan fingerprint density at radius 1 is 1.42 bits per heavy atom. The molecule has 1 aliphatic heterocycles. The van der Waals surface area contributed by atoms with Crippen LogP contribution in [0, 0.1) is 10.1 Å². The summed E-state index contributed by atoms with van der Waals surface area (Å²) >= 11 is 0. The normalized spacial score (nSPS) is 21.1. The number of nitro benzene ring substituents is 1. The average molecular weight is 397 g/mol. The van der Waals surface area contributed by atoms with E-state index in [1.807, 2.05) is 0 Å². The van der Waals surface area contributed by atoms with Gasteiger partial charge >= 0.3 is 6.18 Å². The fraction of sp³-hybridized carbons (Fsp3) is 0.571. The molecule has 1 aromatic rings. The van der Waals surface area contributed by atoms with Gasteiger partial charge in [0.15, 0.2) is 0 Å². The highest BCUT2D eigenvalue weighted by atomic mass is 32.2. The van der Waals surface area contributed by atoms with E-state index in [4.69, 9.17) is 4.74 Å². The van der Waals surface area contributed by atoms with Crippen molar-refractivity contribution in [2.24, 2.45) is 0 Å². The standard InChI is InChI=1S/C14H18F3N3O5S/c1-25-9-13(5-2-6-18-13)8-19-26(23,24)12-4-3-10(20(21)22)7-11(12)14(15,16)17/h3-4,7,18-19H,2,5-6,8-9H2,1H3. The molecule has 0 aromatic heterocycles. The first kappa shape index (κ1) is 20.6. The van der Waals surface area contributed by atoms with Crippen LogP contribution in [0.15, 0.2) is 23.1 Å².